The first-order chi connectivity index (χ1) is 3.70. The second kappa shape index (κ2) is 1.96. The van der Waals surface area contributed by atoms with Crippen LogP contribution in [0.15, 0.2) is 11.2 Å². The Hall–Kier alpha value is -0.210. The smallest absolute Gasteiger partial charge is 0.114 e. The van der Waals surface area contributed by atoms with E-state index in [0.717, 1.165) is 5.16 Å². The molecule has 0 saturated carbocycles. The molecule has 0 fully saturated rings. The van der Waals surface area contributed by atoms with Crippen LogP contribution in [0.4, 0.5) is 0 Å². The number of nitrogens with zero attached hydrogens (tertiary/aromatic N) is 1. The zero-order valence-corrected chi connectivity index (χ0v) is 5.74. The van der Waals surface area contributed by atoms with Crippen molar-refractivity contribution in [3.05, 3.63) is 11.2 Å². The maximum atomic E-state index is 5.61. The van der Waals surface area contributed by atoms with Crippen LogP contribution in [-0.2, 0) is 0 Å². The average molecular weight is 133 g/mol. The lowest BCUT2D eigenvalue weighted by Crippen LogP contribution is -2.31. The van der Waals surface area contributed by atoms with Crippen LogP contribution in [0.2, 0.25) is 0 Å². The van der Waals surface area contributed by atoms with E-state index in [9.17, 15) is 0 Å². The zero-order valence-electron chi connectivity index (χ0n) is 4.98. The predicted molar refractivity (Wildman–Crippen MR) is 34.3 cm³/mol. The Balaban J connectivity index is 2.56. The Labute approximate surface area is 54.1 Å². The molecule has 1 aliphatic heterocycles. The van der Waals surface area contributed by atoms with Crippen molar-refractivity contribution < 1.29 is 0 Å². The third-order valence-electron chi connectivity index (χ3n) is 1.28. The van der Waals surface area contributed by atoms with Crippen molar-refractivity contribution in [1.82, 2.24) is 10.4 Å². The van der Waals surface area contributed by atoms with Crippen molar-refractivity contribution in [2.45, 2.75) is 13.0 Å². The predicted octanol–water partition coefficient (Wildman–Crippen LogP) is 0.905. The van der Waals surface area contributed by atoms with Gasteiger partial charge in [0.25, 0.3) is 0 Å². The second-order valence-corrected chi connectivity index (χ2v) is 2.39. The quantitative estimate of drug-likeness (QED) is 0.493. The fourth-order valence-electron chi connectivity index (χ4n) is 0.631. The van der Waals surface area contributed by atoms with Gasteiger partial charge in [-0.25, -0.2) is 5.01 Å². The van der Waals surface area contributed by atoms with Gasteiger partial charge in [0, 0.05) is 13.1 Å². The minimum Gasteiger partial charge on any atom is -0.309 e. The first-order valence-electron chi connectivity index (χ1n) is 2.57. The molecule has 0 amide bonds. The van der Waals surface area contributed by atoms with Crippen LogP contribution in [0.3, 0.4) is 0 Å². The Morgan fingerprint density at radius 2 is 2.50 bits per heavy atom. The van der Waals surface area contributed by atoms with E-state index in [-0.39, 0.29) is 0 Å². The maximum absolute atomic E-state index is 5.61. The molecule has 2 nitrogen and oxygen atoms in total. The fourth-order valence-corrected chi connectivity index (χ4v) is 0.947. The van der Waals surface area contributed by atoms with Crippen molar-refractivity contribution in [2.75, 3.05) is 7.05 Å². The van der Waals surface area contributed by atoms with E-state index in [4.69, 9.17) is 11.6 Å². The normalized spacial score (nSPS) is 29.9. The minimum absolute atomic E-state index is 0.419. The molecule has 46 valence electrons. The molecule has 0 aromatic rings. The van der Waals surface area contributed by atoms with Crippen molar-refractivity contribution in [2.24, 2.45) is 0 Å². The molecule has 1 atom stereocenters. The SMILES string of the molecule is CC1C=C(Cl)NN1C. The summed E-state index contributed by atoms with van der Waals surface area (Å²) in [5.74, 6) is 0. The van der Waals surface area contributed by atoms with Gasteiger partial charge in [0.2, 0.25) is 0 Å². The molecule has 0 aromatic carbocycles. The molecule has 3 heteroatoms. The van der Waals surface area contributed by atoms with Gasteiger partial charge in [-0.15, -0.1) is 0 Å². The zero-order chi connectivity index (χ0) is 6.15. The highest BCUT2D eigenvalue weighted by Gasteiger charge is 2.13. The number of hydrogen-bond donors (Lipinski definition) is 1. The van der Waals surface area contributed by atoms with Gasteiger partial charge >= 0.3 is 0 Å². The summed E-state index contributed by atoms with van der Waals surface area (Å²) in [6, 6.07) is 0.419. The van der Waals surface area contributed by atoms with Crippen molar-refractivity contribution >= 4 is 11.6 Å². The van der Waals surface area contributed by atoms with Crippen LogP contribution in [-0.4, -0.2) is 18.1 Å². The van der Waals surface area contributed by atoms with Crippen LogP contribution in [0.25, 0.3) is 0 Å². The van der Waals surface area contributed by atoms with Crippen LogP contribution in [0, 0.1) is 0 Å². The number of rotatable bonds is 0. The molecule has 0 saturated heterocycles. The standard InChI is InChI=1S/C5H9ClN2/c1-4-3-5(6)7-8(4)2/h3-4,7H,1-2H3. The number of likely N-dealkylation sites (N-methyl/N-ethyl adjacent to an activating group) is 1. The molecule has 8 heavy (non-hydrogen) atoms. The van der Waals surface area contributed by atoms with Crippen molar-refractivity contribution in [3.63, 3.8) is 0 Å². The summed E-state index contributed by atoms with van der Waals surface area (Å²) < 4.78 is 0. The van der Waals surface area contributed by atoms with Gasteiger partial charge in [-0.05, 0) is 13.0 Å². The monoisotopic (exact) mass is 132 g/mol. The van der Waals surface area contributed by atoms with E-state index in [0.29, 0.717) is 6.04 Å². The summed E-state index contributed by atoms with van der Waals surface area (Å²) in [5, 5.41) is 2.67. The number of hydrogen-bond acceptors (Lipinski definition) is 2. The molecule has 0 aromatic heterocycles. The van der Waals surface area contributed by atoms with Gasteiger partial charge in [-0.3, -0.25) is 0 Å². The van der Waals surface area contributed by atoms with E-state index < -0.39 is 0 Å². The van der Waals surface area contributed by atoms with Crippen LogP contribution in [0.5, 0.6) is 0 Å². The summed E-state index contributed by atoms with van der Waals surface area (Å²) in [4.78, 5) is 0. The highest BCUT2D eigenvalue weighted by molar-refractivity contribution is 6.29. The lowest BCUT2D eigenvalue weighted by atomic mass is 10.3. The molecule has 1 unspecified atom stereocenters. The van der Waals surface area contributed by atoms with Gasteiger partial charge in [0.15, 0.2) is 0 Å². The molecule has 0 aliphatic carbocycles. The molecule has 1 aliphatic rings. The highest BCUT2D eigenvalue weighted by Crippen LogP contribution is 2.10. The van der Waals surface area contributed by atoms with E-state index in [1.165, 1.54) is 0 Å². The molecular formula is C5H9ClN2. The van der Waals surface area contributed by atoms with E-state index in [2.05, 4.69) is 12.3 Å². The second-order valence-electron chi connectivity index (χ2n) is 1.98. The van der Waals surface area contributed by atoms with Gasteiger partial charge in [0.05, 0.1) is 0 Å². The number of halogens is 1. The van der Waals surface area contributed by atoms with Crippen LogP contribution < -0.4 is 5.43 Å². The topological polar surface area (TPSA) is 15.3 Å². The van der Waals surface area contributed by atoms with E-state index in [1.54, 1.807) is 0 Å². The number of nitrogens with one attached hydrogen (secondary N) is 1. The molecule has 0 bridgehead atoms. The average Bonchev–Trinajstić information content (AvgIpc) is 1.85. The third-order valence-corrected chi connectivity index (χ3v) is 1.49. The Morgan fingerprint density at radius 3 is 2.62 bits per heavy atom. The lowest BCUT2D eigenvalue weighted by molar-refractivity contribution is 0.264. The molecule has 1 heterocycles. The van der Waals surface area contributed by atoms with E-state index >= 15 is 0 Å². The summed E-state index contributed by atoms with van der Waals surface area (Å²) in [6.07, 6.45) is 1.96. The van der Waals surface area contributed by atoms with Gasteiger partial charge in [-0.2, -0.15) is 0 Å². The molecule has 1 rings (SSSR count). The highest BCUT2D eigenvalue weighted by atomic mass is 35.5. The fraction of sp³-hybridized carbons (Fsp3) is 0.600. The molecular weight excluding hydrogens is 124 g/mol. The summed E-state index contributed by atoms with van der Waals surface area (Å²) in [6.45, 7) is 2.07. The van der Waals surface area contributed by atoms with Crippen molar-refractivity contribution in [1.29, 1.82) is 0 Å². The first kappa shape index (κ1) is 5.92. The minimum atomic E-state index is 0.419. The molecule has 0 radical (unpaired) electrons. The maximum Gasteiger partial charge on any atom is 0.114 e. The Morgan fingerprint density at radius 1 is 1.88 bits per heavy atom. The van der Waals surface area contributed by atoms with Gasteiger partial charge < -0.3 is 5.43 Å². The molecule has 1 N–H and O–H groups in total. The summed E-state index contributed by atoms with van der Waals surface area (Å²) >= 11 is 5.61. The summed E-state index contributed by atoms with van der Waals surface area (Å²) in [7, 11) is 1.95. The summed E-state index contributed by atoms with van der Waals surface area (Å²) in [5.41, 5.74) is 2.93. The number of hydrazine groups is 1. The van der Waals surface area contributed by atoms with Crippen LogP contribution >= 0.6 is 11.6 Å². The van der Waals surface area contributed by atoms with Crippen molar-refractivity contribution in [3.8, 4) is 0 Å². The van der Waals surface area contributed by atoms with Crippen LogP contribution in [0.1, 0.15) is 6.92 Å². The third kappa shape index (κ3) is 0.956. The first-order valence-corrected chi connectivity index (χ1v) is 2.95. The lowest BCUT2D eigenvalue weighted by Gasteiger charge is -2.13. The largest absolute Gasteiger partial charge is 0.309 e. The Kier molecular flexibility index (Phi) is 1.45. The van der Waals surface area contributed by atoms with E-state index in [1.807, 2.05) is 18.1 Å². The van der Waals surface area contributed by atoms with Gasteiger partial charge in [0.1, 0.15) is 5.16 Å². The molecule has 0 spiro atoms. The van der Waals surface area contributed by atoms with Gasteiger partial charge in [-0.1, -0.05) is 11.6 Å². The Bertz CT molecular complexity index is 122.